The summed E-state index contributed by atoms with van der Waals surface area (Å²) in [6.45, 7) is 19.4. The Hall–Kier alpha value is -7.92. The summed E-state index contributed by atoms with van der Waals surface area (Å²) in [7, 11) is 0. The molecule has 1 saturated carbocycles. The van der Waals surface area contributed by atoms with E-state index in [1.165, 1.54) is 50.3 Å². The van der Waals surface area contributed by atoms with Gasteiger partial charge in [-0.15, -0.1) is 0 Å². The van der Waals surface area contributed by atoms with Gasteiger partial charge in [0.2, 0.25) is 5.95 Å². The summed E-state index contributed by atoms with van der Waals surface area (Å²) < 4.78 is 15.9. The Morgan fingerprint density at radius 3 is 1.58 bits per heavy atom. The molecular weight excluding hydrogens is 1060 g/mol. The molecule has 0 spiro atoms. The minimum absolute atomic E-state index is 0. The van der Waals surface area contributed by atoms with Crippen LogP contribution in [0.25, 0.3) is 11.2 Å². The summed E-state index contributed by atoms with van der Waals surface area (Å²) >= 11 is 5.49. The highest BCUT2D eigenvalue weighted by Gasteiger charge is 2.19. The number of pyridine rings is 4. The van der Waals surface area contributed by atoms with Gasteiger partial charge in [-0.2, -0.15) is 9.97 Å². The van der Waals surface area contributed by atoms with Crippen molar-refractivity contribution in [3.63, 3.8) is 0 Å². The molecule has 4 aliphatic rings. The van der Waals surface area contributed by atoms with Gasteiger partial charge >= 0.3 is 0 Å². The number of nitrogens with zero attached hydrogens (tertiary/aromatic N) is 12. The minimum Gasteiger partial charge on any atom is -0.397 e. The summed E-state index contributed by atoms with van der Waals surface area (Å²) in [5.74, 6) is 19.9. The van der Waals surface area contributed by atoms with Crippen molar-refractivity contribution < 1.29 is 24.1 Å². The van der Waals surface area contributed by atoms with E-state index >= 15 is 0 Å². The highest BCUT2D eigenvalue weighted by atomic mass is 35.5. The van der Waals surface area contributed by atoms with Gasteiger partial charge in [-0.3, -0.25) is 34.9 Å². The lowest BCUT2D eigenvalue weighted by Crippen LogP contribution is -2.36. The molecule has 0 unspecified atom stereocenters. The first kappa shape index (κ1) is 62.3. The van der Waals surface area contributed by atoms with E-state index in [2.05, 4.69) is 95.7 Å². The van der Waals surface area contributed by atoms with Crippen molar-refractivity contribution in [3.8, 4) is 35.5 Å². The normalized spacial score (nSPS) is 15.5. The Labute approximate surface area is 477 Å². The van der Waals surface area contributed by atoms with Crippen LogP contribution in [0.5, 0.6) is 0 Å². The van der Waals surface area contributed by atoms with Crippen LogP contribution in [0.3, 0.4) is 0 Å². The van der Waals surface area contributed by atoms with E-state index in [1.54, 1.807) is 26.2 Å². The molecule has 0 atom stereocenters. The third-order valence-corrected chi connectivity index (χ3v) is 13.2. The lowest BCUT2D eigenvalue weighted by atomic mass is 9.95. The Balaban J connectivity index is 0.000000188. The largest absolute Gasteiger partial charge is 0.397 e. The van der Waals surface area contributed by atoms with Gasteiger partial charge < -0.3 is 35.6 Å². The number of ether oxygens (including phenoxy) is 3. The van der Waals surface area contributed by atoms with Crippen LogP contribution in [0.2, 0.25) is 5.15 Å². The topological polar surface area (TPSA) is 280 Å². The third kappa shape index (κ3) is 20.3. The van der Waals surface area contributed by atoms with Crippen molar-refractivity contribution in [1.82, 2.24) is 54.6 Å². The first-order chi connectivity index (χ1) is 38.8. The van der Waals surface area contributed by atoms with Crippen LogP contribution in [0.4, 0.5) is 34.5 Å². The van der Waals surface area contributed by atoms with E-state index in [9.17, 15) is 20.2 Å². The summed E-state index contributed by atoms with van der Waals surface area (Å²) in [6, 6.07) is 13.8. The fraction of sp³-hybridized carbons (Fsp3) is 0.456. The molecule has 0 bridgehead atoms. The van der Waals surface area contributed by atoms with Crippen molar-refractivity contribution in [1.29, 1.82) is 0 Å². The quantitative estimate of drug-likeness (QED) is 0.0473. The number of H-pyrrole nitrogens is 1. The molecule has 81 heavy (non-hydrogen) atoms. The van der Waals surface area contributed by atoms with Gasteiger partial charge in [0.25, 0.3) is 11.4 Å². The Kier molecular flexibility index (Phi) is 24.9. The standard InChI is InChI=1S/C24H30N8O.C13H15N3O3.C13H17N3O.C6H5ClN2O2.CH4/c1-17-20(10-9-19(27-17)8-5-11-32-12-14-33-15-13-32)29-24-30-22-21(25-16-26-22)23(31-24)28-18-6-3-2-4-7-18;1-11-13(16(17)18)5-4-12(14-11)3-2-6-15-7-9-19-10-8-15;1-11-13(14)5-4-12(15-11)3-2-6-16-7-9-17-10-8-16;1-4-5(9(10)11)2-3-6(7)8-4;/h9-10,16,18H,2-4,6-7,11-15H2,1H3,(H3,25,26,28,29,30,31);4-5H,6-10H2,1H3;4-5H,6-10,14H2,1H3;2-3H,1H3;1H4. The van der Waals surface area contributed by atoms with Crippen molar-refractivity contribution in [2.45, 2.75) is 73.3 Å². The predicted molar refractivity (Wildman–Crippen MR) is 313 cm³/mol. The maximum absolute atomic E-state index is 10.7. The highest BCUT2D eigenvalue weighted by Crippen LogP contribution is 2.27. The van der Waals surface area contributed by atoms with Gasteiger partial charge in [0.05, 0.1) is 98.2 Å². The Bertz CT molecular complexity index is 3230. The molecule has 3 saturated heterocycles. The maximum atomic E-state index is 10.7. The van der Waals surface area contributed by atoms with Gasteiger partial charge in [0.15, 0.2) is 11.5 Å². The number of halogens is 1. The molecule has 10 rings (SSSR count). The molecule has 0 radical (unpaired) electrons. The summed E-state index contributed by atoms with van der Waals surface area (Å²) in [5, 5.41) is 28.1. The number of nitro groups is 2. The lowest BCUT2D eigenvalue weighted by Gasteiger charge is -2.24. The molecule has 6 aromatic heterocycles. The zero-order valence-electron chi connectivity index (χ0n) is 45.6. The predicted octanol–water partition coefficient (Wildman–Crippen LogP) is 7.45. The second-order valence-corrected chi connectivity index (χ2v) is 19.3. The number of nitrogens with two attached hydrogens (primary N) is 1. The van der Waals surface area contributed by atoms with E-state index in [0.29, 0.717) is 47.0 Å². The van der Waals surface area contributed by atoms with Gasteiger partial charge in [-0.05, 0) is 94.7 Å². The molecule has 9 heterocycles. The first-order valence-corrected chi connectivity index (χ1v) is 26.9. The van der Waals surface area contributed by atoms with Gasteiger partial charge in [-0.1, -0.05) is 56.1 Å². The minimum atomic E-state index is -0.487. The van der Waals surface area contributed by atoms with Crippen molar-refractivity contribution in [3.05, 3.63) is 120 Å². The molecule has 4 fully saturated rings. The third-order valence-electron chi connectivity index (χ3n) is 13.0. The molecule has 24 heteroatoms. The Morgan fingerprint density at radius 2 is 1.10 bits per heavy atom. The Morgan fingerprint density at radius 1 is 0.630 bits per heavy atom. The molecule has 6 aromatic rings. The van der Waals surface area contributed by atoms with Gasteiger partial charge in [0, 0.05) is 57.4 Å². The van der Waals surface area contributed by atoms with Crippen LogP contribution in [0, 0.1) is 83.4 Å². The van der Waals surface area contributed by atoms with E-state index < -0.39 is 9.85 Å². The van der Waals surface area contributed by atoms with Crippen molar-refractivity contribution >= 4 is 57.3 Å². The zero-order chi connectivity index (χ0) is 56.6. The maximum Gasteiger partial charge on any atom is 0.290 e. The molecule has 5 N–H and O–H groups in total. The second-order valence-electron chi connectivity index (χ2n) is 18.9. The summed E-state index contributed by atoms with van der Waals surface area (Å²) in [6.07, 6.45) is 7.82. The molecular formula is C57H71ClN16O7. The van der Waals surface area contributed by atoms with Crippen LogP contribution in [0.15, 0.2) is 54.9 Å². The van der Waals surface area contributed by atoms with Crippen LogP contribution >= 0.6 is 11.6 Å². The van der Waals surface area contributed by atoms with E-state index in [4.69, 9.17) is 36.5 Å². The molecule has 1 aliphatic carbocycles. The van der Waals surface area contributed by atoms with Crippen LogP contribution < -0.4 is 16.4 Å². The fourth-order valence-corrected chi connectivity index (χ4v) is 8.68. The highest BCUT2D eigenvalue weighted by molar-refractivity contribution is 6.29. The number of rotatable bonds is 9. The van der Waals surface area contributed by atoms with Gasteiger partial charge in [0.1, 0.15) is 39.1 Å². The summed E-state index contributed by atoms with van der Waals surface area (Å²) in [4.78, 5) is 60.4. The molecule has 428 valence electrons. The number of nitrogen functional groups attached to an aromatic ring is 1. The molecule has 23 nitrogen and oxygen atoms in total. The van der Waals surface area contributed by atoms with E-state index in [-0.39, 0.29) is 24.0 Å². The number of anilines is 4. The van der Waals surface area contributed by atoms with Gasteiger partial charge in [-0.25, -0.2) is 24.9 Å². The smallest absolute Gasteiger partial charge is 0.290 e. The van der Waals surface area contributed by atoms with Crippen molar-refractivity contribution in [2.75, 3.05) is 115 Å². The molecule has 0 amide bonds. The van der Waals surface area contributed by atoms with Crippen LogP contribution in [0.1, 0.15) is 79.4 Å². The van der Waals surface area contributed by atoms with Crippen molar-refractivity contribution in [2.24, 2.45) is 0 Å². The average Bonchev–Trinajstić information content (AvgIpc) is 3.94. The number of hydrogen-bond acceptors (Lipinski definition) is 20. The van der Waals surface area contributed by atoms with Crippen LogP contribution in [-0.4, -0.2) is 169 Å². The molecule has 0 aromatic carbocycles. The number of fused-ring (bicyclic) bond motifs is 1. The number of nitrogens with one attached hydrogen (secondary N) is 3. The summed E-state index contributed by atoms with van der Waals surface area (Å²) in [5.41, 5.74) is 13.3. The first-order valence-electron chi connectivity index (χ1n) is 26.5. The SMILES string of the molecule is C.Cc1nc(C#CCN2CCOCC2)ccc1N.Cc1nc(C#CCN2CCOCC2)ccc1Nc1nc(NC2CCCCC2)c2[nH]cnc2n1.Cc1nc(C#CCN2CCOCC2)ccc1[N+](=O)[O-].Cc1nc(Cl)ccc1[N+](=O)[O-]. The monoisotopic (exact) mass is 1130 g/mol. The zero-order valence-corrected chi connectivity index (χ0v) is 46.4. The second kappa shape index (κ2) is 32.4. The van der Waals surface area contributed by atoms with E-state index in [0.717, 1.165) is 132 Å². The number of imidazole rings is 1. The number of morpholine rings is 3. The number of hydrogen-bond donors (Lipinski definition) is 4. The number of aromatic nitrogens is 8. The average molecular weight is 1130 g/mol. The van der Waals surface area contributed by atoms with E-state index in [1.807, 2.05) is 38.1 Å². The van der Waals surface area contributed by atoms with Crippen LogP contribution in [-0.2, 0) is 14.2 Å². The lowest BCUT2D eigenvalue weighted by molar-refractivity contribution is -0.385. The fourth-order valence-electron chi connectivity index (χ4n) is 8.49. The number of aromatic amines is 1. The number of aryl methyl sites for hydroxylation is 4. The molecule has 3 aliphatic heterocycles.